The number of non-ortho nitro benzene ring substituents is 1. The SMILES string of the molecule is O=C(O)CC(NCc1cc([N+](=O)[O-])cc2[nH]c(=O)c(=O)[nH]c12)c1ccccc1. The maximum Gasteiger partial charge on any atom is 0.314 e. The summed E-state index contributed by atoms with van der Waals surface area (Å²) in [5.74, 6) is -1.01. The van der Waals surface area contributed by atoms with Crippen molar-refractivity contribution in [3.05, 3.63) is 84.4 Å². The minimum Gasteiger partial charge on any atom is -0.481 e. The summed E-state index contributed by atoms with van der Waals surface area (Å²) in [6.45, 7) is 0.0347. The van der Waals surface area contributed by atoms with Crippen LogP contribution in [0.5, 0.6) is 0 Å². The second-order valence-corrected chi connectivity index (χ2v) is 6.13. The second kappa shape index (κ2) is 7.84. The molecule has 10 heteroatoms. The van der Waals surface area contributed by atoms with E-state index in [1.807, 2.05) is 0 Å². The number of nitro benzene ring substituents is 1. The van der Waals surface area contributed by atoms with E-state index in [2.05, 4.69) is 15.3 Å². The average molecular weight is 384 g/mol. The van der Waals surface area contributed by atoms with E-state index in [4.69, 9.17) is 0 Å². The van der Waals surface area contributed by atoms with Gasteiger partial charge in [0.05, 0.1) is 22.4 Å². The van der Waals surface area contributed by atoms with E-state index in [-0.39, 0.29) is 29.7 Å². The second-order valence-electron chi connectivity index (χ2n) is 6.13. The quantitative estimate of drug-likeness (QED) is 0.272. The van der Waals surface area contributed by atoms with Crippen molar-refractivity contribution in [2.45, 2.75) is 19.0 Å². The minimum absolute atomic E-state index is 0.0347. The largest absolute Gasteiger partial charge is 0.481 e. The van der Waals surface area contributed by atoms with Crippen LogP contribution in [0, 0.1) is 10.1 Å². The lowest BCUT2D eigenvalue weighted by molar-refractivity contribution is -0.384. The van der Waals surface area contributed by atoms with Gasteiger partial charge in [-0.1, -0.05) is 30.3 Å². The first-order chi connectivity index (χ1) is 13.3. The highest BCUT2D eigenvalue weighted by molar-refractivity contribution is 5.80. The van der Waals surface area contributed by atoms with Crippen LogP contribution in [0.2, 0.25) is 0 Å². The zero-order valence-corrected chi connectivity index (χ0v) is 14.5. The van der Waals surface area contributed by atoms with E-state index < -0.39 is 28.1 Å². The Balaban J connectivity index is 2.01. The fraction of sp³-hybridized carbons (Fsp3) is 0.167. The molecular weight excluding hydrogens is 368 g/mol. The van der Waals surface area contributed by atoms with Crippen LogP contribution in [0.3, 0.4) is 0 Å². The average Bonchev–Trinajstić information content (AvgIpc) is 2.66. The number of rotatable bonds is 7. The number of nitrogens with one attached hydrogen (secondary N) is 3. The molecule has 1 heterocycles. The van der Waals surface area contributed by atoms with E-state index in [0.717, 1.165) is 11.6 Å². The molecular formula is C18H16N4O6. The van der Waals surface area contributed by atoms with Crippen molar-refractivity contribution in [3.63, 3.8) is 0 Å². The summed E-state index contributed by atoms with van der Waals surface area (Å²) in [6, 6.07) is 10.8. The zero-order valence-electron chi connectivity index (χ0n) is 14.5. The van der Waals surface area contributed by atoms with Crippen molar-refractivity contribution < 1.29 is 14.8 Å². The number of carboxylic acids is 1. The number of hydrogen-bond donors (Lipinski definition) is 4. The number of H-pyrrole nitrogens is 2. The monoisotopic (exact) mass is 384 g/mol. The number of fused-ring (bicyclic) bond motifs is 1. The Morgan fingerprint density at radius 3 is 2.46 bits per heavy atom. The molecule has 0 fully saturated rings. The van der Waals surface area contributed by atoms with Crippen LogP contribution >= 0.6 is 0 Å². The van der Waals surface area contributed by atoms with Crippen LogP contribution in [-0.4, -0.2) is 26.0 Å². The number of carbonyl (C=O) groups is 1. The molecule has 10 nitrogen and oxygen atoms in total. The van der Waals surface area contributed by atoms with E-state index in [1.54, 1.807) is 30.3 Å². The number of aromatic nitrogens is 2. The van der Waals surface area contributed by atoms with E-state index in [0.29, 0.717) is 5.56 Å². The Morgan fingerprint density at radius 1 is 1.14 bits per heavy atom. The first kappa shape index (κ1) is 19.0. The normalized spacial score (nSPS) is 12.0. The fourth-order valence-electron chi connectivity index (χ4n) is 2.93. The van der Waals surface area contributed by atoms with Crippen LogP contribution in [0.15, 0.2) is 52.1 Å². The van der Waals surface area contributed by atoms with Gasteiger partial charge in [0.15, 0.2) is 0 Å². The van der Waals surface area contributed by atoms with Crippen molar-refractivity contribution >= 4 is 22.7 Å². The molecule has 0 amide bonds. The lowest BCUT2D eigenvalue weighted by Gasteiger charge is -2.18. The Bertz CT molecular complexity index is 1150. The van der Waals surface area contributed by atoms with Gasteiger partial charge in [-0.25, -0.2) is 0 Å². The van der Waals surface area contributed by atoms with Crippen LogP contribution < -0.4 is 16.4 Å². The summed E-state index contributed by atoms with van der Waals surface area (Å²) >= 11 is 0. The third-order valence-electron chi connectivity index (χ3n) is 4.23. The Morgan fingerprint density at radius 2 is 1.82 bits per heavy atom. The molecule has 0 aliphatic carbocycles. The van der Waals surface area contributed by atoms with Crippen LogP contribution in [0.25, 0.3) is 11.0 Å². The van der Waals surface area contributed by atoms with E-state index >= 15 is 0 Å². The first-order valence-corrected chi connectivity index (χ1v) is 8.29. The molecule has 0 saturated heterocycles. The fourth-order valence-corrected chi connectivity index (χ4v) is 2.93. The lowest BCUT2D eigenvalue weighted by Crippen LogP contribution is -2.30. The number of aliphatic carboxylic acids is 1. The number of benzene rings is 2. The standard InChI is InChI=1S/C18H16N4O6/c23-15(24)8-13(10-4-2-1-3-5-10)19-9-11-6-12(22(27)28)7-14-16(11)21-18(26)17(25)20-14/h1-7,13,19H,8-9H2,(H,20,25)(H,21,26)(H,23,24). The van der Waals surface area contributed by atoms with Gasteiger partial charge in [0.1, 0.15) is 0 Å². The molecule has 0 saturated carbocycles. The van der Waals surface area contributed by atoms with Gasteiger partial charge in [-0.05, 0) is 11.1 Å². The molecule has 1 aromatic heterocycles. The summed E-state index contributed by atoms with van der Waals surface area (Å²) in [4.78, 5) is 49.8. The molecule has 144 valence electrons. The molecule has 0 bridgehead atoms. The molecule has 3 rings (SSSR count). The van der Waals surface area contributed by atoms with Gasteiger partial charge in [-0.2, -0.15) is 0 Å². The highest BCUT2D eigenvalue weighted by atomic mass is 16.6. The highest BCUT2D eigenvalue weighted by Gasteiger charge is 2.18. The van der Waals surface area contributed by atoms with Crippen molar-refractivity contribution in [2.75, 3.05) is 0 Å². The summed E-state index contributed by atoms with van der Waals surface area (Å²) in [5, 5.41) is 23.4. The van der Waals surface area contributed by atoms with E-state index in [1.165, 1.54) is 6.07 Å². The molecule has 0 radical (unpaired) electrons. The van der Waals surface area contributed by atoms with Gasteiger partial charge < -0.3 is 20.4 Å². The number of nitro groups is 1. The summed E-state index contributed by atoms with van der Waals surface area (Å²) < 4.78 is 0. The number of aromatic amines is 2. The van der Waals surface area contributed by atoms with Gasteiger partial charge in [-0.3, -0.25) is 24.5 Å². The van der Waals surface area contributed by atoms with E-state index in [9.17, 15) is 29.6 Å². The maximum absolute atomic E-state index is 11.7. The van der Waals surface area contributed by atoms with Gasteiger partial charge in [0.2, 0.25) is 0 Å². The number of carboxylic acid groups (broad SMARTS) is 1. The smallest absolute Gasteiger partial charge is 0.314 e. The highest BCUT2D eigenvalue weighted by Crippen LogP contribution is 2.23. The Labute approximate surface area is 157 Å². The number of hydrogen-bond acceptors (Lipinski definition) is 6. The molecule has 28 heavy (non-hydrogen) atoms. The summed E-state index contributed by atoms with van der Waals surface area (Å²) in [7, 11) is 0. The summed E-state index contributed by atoms with van der Waals surface area (Å²) in [6.07, 6.45) is -0.204. The first-order valence-electron chi connectivity index (χ1n) is 8.29. The molecule has 2 aromatic carbocycles. The zero-order chi connectivity index (χ0) is 20.3. The van der Waals surface area contributed by atoms with Gasteiger partial charge in [0.25, 0.3) is 5.69 Å². The topological polar surface area (TPSA) is 158 Å². The van der Waals surface area contributed by atoms with Crippen LogP contribution in [-0.2, 0) is 11.3 Å². The molecule has 0 aliphatic rings. The summed E-state index contributed by atoms with van der Waals surface area (Å²) in [5.41, 5.74) is -0.616. The maximum atomic E-state index is 11.7. The van der Waals surface area contributed by atoms with Crippen molar-refractivity contribution in [1.82, 2.24) is 15.3 Å². The molecule has 1 atom stereocenters. The Hall–Kier alpha value is -3.79. The lowest BCUT2D eigenvalue weighted by atomic mass is 10.0. The van der Waals surface area contributed by atoms with Gasteiger partial charge >= 0.3 is 17.1 Å². The predicted octanol–water partition coefficient (Wildman–Crippen LogP) is 1.43. The molecule has 4 N–H and O–H groups in total. The third-order valence-corrected chi connectivity index (χ3v) is 4.23. The minimum atomic E-state index is -1.01. The number of nitrogens with zero attached hydrogens (tertiary/aromatic N) is 1. The van der Waals surface area contributed by atoms with Crippen LogP contribution in [0.1, 0.15) is 23.6 Å². The van der Waals surface area contributed by atoms with Gasteiger partial charge in [-0.15, -0.1) is 0 Å². The van der Waals surface area contributed by atoms with Crippen molar-refractivity contribution in [1.29, 1.82) is 0 Å². The van der Waals surface area contributed by atoms with Gasteiger partial charge in [0, 0.05) is 24.7 Å². The third kappa shape index (κ3) is 4.13. The molecule has 0 aliphatic heterocycles. The van der Waals surface area contributed by atoms with Crippen molar-refractivity contribution in [3.8, 4) is 0 Å². The molecule has 3 aromatic rings. The molecule has 0 spiro atoms. The molecule has 1 unspecified atom stereocenters. The van der Waals surface area contributed by atoms with Crippen LogP contribution in [0.4, 0.5) is 5.69 Å². The Kier molecular flexibility index (Phi) is 5.32. The van der Waals surface area contributed by atoms with Crippen molar-refractivity contribution in [2.24, 2.45) is 0 Å². The predicted molar refractivity (Wildman–Crippen MR) is 100 cm³/mol.